The van der Waals surface area contributed by atoms with Crippen LogP contribution in [0.25, 0.3) is 0 Å². The highest BCUT2D eigenvalue weighted by Crippen LogP contribution is 2.07. The van der Waals surface area contributed by atoms with Gasteiger partial charge in [-0.25, -0.2) is 4.39 Å². The first-order chi connectivity index (χ1) is 9.34. The standard InChI is InChI=1S/C17H13FO/c18-16-12-10-15(11-13-16)7-3-2-6-14-19-17-8-4-1-5-9-17/h1-2,4-6,8-13H,14H2/b6-2-. The zero-order chi connectivity index (χ0) is 13.3. The van der Waals surface area contributed by atoms with E-state index in [9.17, 15) is 4.39 Å². The fourth-order valence-corrected chi connectivity index (χ4v) is 1.43. The molecule has 0 amide bonds. The highest BCUT2D eigenvalue weighted by Gasteiger charge is 1.88. The Balaban J connectivity index is 1.80. The lowest BCUT2D eigenvalue weighted by Gasteiger charge is -2.00. The number of rotatable bonds is 3. The number of ether oxygens (including phenoxy) is 1. The molecular formula is C17H13FO. The summed E-state index contributed by atoms with van der Waals surface area (Å²) in [5.74, 6) is 6.37. The maximum Gasteiger partial charge on any atom is 0.123 e. The van der Waals surface area contributed by atoms with Crippen molar-refractivity contribution in [2.45, 2.75) is 0 Å². The zero-order valence-electron chi connectivity index (χ0n) is 10.3. The first-order valence-electron chi connectivity index (χ1n) is 5.94. The van der Waals surface area contributed by atoms with E-state index < -0.39 is 0 Å². The van der Waals surface area contributed by atoms with Crippen molar-refractivity contribution in [2.24, 2.45) is 0 Å². The van der Waals surface area contributed by atoms with Crippen LogP contribution in [0.3, 0.4) is 0 Å². The second-order valence-electron chi connectivity index (χ2n) is 3.80. The number of hydrogen-bond acceptors (Lipinski definition) is 1. The van der Waals surface area contributed by atoms with Gasteiger partial charge in [-0.2, -0.15) is 0 Å². The molecule has 2 rings (SSSR count). The van der Waals surface area contributed by atoms with Crippen molar-refractivity contribution in [3.63, 3.8) is 0 Å². The van der Waals surface area contributed by atoms with E-state index in [1.54, 1.807) is 18.2 Å². The average molecular weight is 252 g/mol. The van der Waals surface area contributed by atoms with Crippen molar-refractivity contribution in [1.29, 1.82) is 0 Å². The van der Waals surface area contributed by atoms with E-state index in [4.69, 9.17) is 4.74 Å². The molecule has 0 N–H and O–H groups in total. The predicted octanol–water partition coefficient (Wildman–Crippen LogP) is 3.81. The summed E-state index contributed by atoms with van der Waals surface area (Å²) in [4.78, 5) is 0. The fourth-order valence-electron chi connectivity index (χ4n) is 1.43. The summed E-state index contributed by atoms with van der Waals surface area (Å²) < 4.78 is 18.1. The molecule has 0 aliphatic rings. The Labute approximate surface area is 112 Å². The number of benzene rings is 2. The topological polar surface area (TPSA) is 9.23 Å². The first-order valence-corrected chi connectivity index (χ1v) is 5.94. The van der Waals surface area contributed by atoms with Crippen LogP contribution in [0, 0.1) is 17.7 Å². The van der Waals surface area contributed by atoms with Crippen LogP contribution in [0.4, 0.5) is 4.39 Å². The van der Waals surface area contributed by atoms with Crippen LogP contribution in [0.2, 0.25) is 0 Å². The molecule has 94 valence electrons. The number of allylic oxidation sites excluding steroid dienone is 1. The Bertz CT molecular complexity index is 589. The summed E-state index contributed by atoms with van der Waals surface area (Å²) in [6.45, 7) is 0.474. The molecule has 0 bridgehead atoms. The van der Waals surface area contributed by atoms with E-state index in [1.165, 1.54) is 12.1 Å². The molecule has 19 heavy (non-hydrogen) atoms. The predicted molar refractivity (Wildman–Crippen MR) is 74.4 cm³/mol. The third-order valence-electron chi connectivity index (χ3n) is 2.35. The maximum atomic E-state index is 12.7. The van der Waals surface area contributed by atoms with Gasteiger partial charge in [-0.1, -0.05) is 30.0 Å². The normalized spacial score (nSPS) is 9.95. The highest BCUT2D eigenvalue weighted by molar-refractivity contribution is 5.36. The summed E-state index contributed by atoms with van der Waals surface area (Å²) >= 11 is 0. The molecule has 0 atom stereocenters. The van der Waals surface area contributed by atoms with E-state index in [-0.39, 0.29) is 5.82 Å². The first kappa shape index (κ1) is 12.9. The SMILES string of the molecule is Fc1ccc(C#C/C=C\COc2ccccc2)cc1. The molecule has 0 saturated heterocycles. The number of hydrogen-bond donors (Lipinski definition) is 0. The van der Waals surface area contributed by atoms with Gasteiger partial charge in [-0.3, -0.25) is 0 Å². The minimum Gasteiger partial charge on any atom is -0.490 e. The molecule has 2 heteroatoms. The molecule has 0 aliphatic carbocycles. The monoisotopic (exact) mass is 252 g/mol. The van der Waals surface area contributed by atoms with E-state index in [0.717, 1.165) is 11.3 Å². The van der Waals surface area contributed by atoms with E-state index in [0.29, 0.717) is 6.61 Å². The summed E-state index contributed by atoms with van der Waals surface area (Å²) in [6.07, 6.45) is 3.57. The van der Waals surface area contributed by atoms with Crippen molar-refractivity contribution in [2.75, 3.05) is 6.61 Å². The molecule has 0 fully saturated rings. The van der Waals surface area contributed by atoms with Crippen molar-refractivity contribution >= 4 is 0 Å². The van der Waals surface area contributed by atoms with Crippen LogP contribution in [0.1, 0.15) is 5.56 Å². The molecule has 2 aromatic rings. The summed E-state index contributed by atoms with van der Waals surface area (Å²) in [5, 5.41) is 0. The molecule has 2 aromatic carbocycles. The van der Waals surface area contributed by atoms with Gasteiger partial charge in [0.05, 0.1) is 0 Å². The molecule has 0 heterocycles. The van der Waals surface area contributed by atoms with Crippen LogP contribution in [0.15, 0.2) is 66.7 Å². The van der Waals surface area contributed by atoms with E-state index in [1.807, 2.05) is 36.4 Å². The van der Waals surface area contributed by atoms with E-state index in [2.05, 4.69) is 11.8 Å². The lowest BCUT2D eigenvalue weighted by Crippen LogP contribution is -1.91. The second-order valence-corrected chi connectivity index (χ2v) is 3.80. The average Bonchev–Trinajstić information content (AvgIpc) is 2.46. The smallest absolute Gasteiger partial charge is 0.123 e. The molecule has 0 spiro atoms. The Morgan fingerprint density at radius 1 is 1.00 bits per heavy atom. The van der Waals surface area contributed by atoms with Crippen LogP contribution in [-0.2, 0) is 0 Å². The summed E-state index contributed by atoms with van der Waals surface area (Å²) in [7, 11) is 0. The van der Waals surface area contributed by atoms with Gasteiger partial charge in [-0.15, -0.1) is 0 Å². The van der Waals surface area contributed by atoms with Crippen LogP contribution in [-0.4, -0.2) is 6.61 Å². The third-order valence-corrected chi connectivity index (χ3v) is 2.35. The molecular weight excluding hydrogens is 239 g/mol. The largest absolute Gasteiger partial charge is 0.490 e. The number of para-hydroxylation sites is 1. The van der Waals surface area contributed by atoms with Crippen molar-refractivity contribution in [3.8, 4) is 17.6 Å². The van der Waals surface area contributed by atoms with Gasteiger partial charge in [0.1, 0.15) is 18.2 Å². The van der Waals surface area contributed by atoms with Gasteiger partial charge in [0.25, 0.3) is 0 Å². The van der Waals surface area contributed by atoms with Crippen LogP contribution in [0.5, 0.6) is 5.75 Å². The maximum absolute atomic E-state index is 12.7. The fraction of sp³-hybridized carbons (Fsp3) is 0.0588. The second kappa shape index (κ2) is 7.03. The van der Waals surface area contributed by atoms with E-state index >= 15 is 0 Å². The molecule has 0 unspecified atom stereocenters. The van der Waals surface area contributed by atoms with Crippen LogP contribution < -0.4 is 4.74 Å². The Hall–Kier alpha value is -2.53. The summed E-state index contributed by atoms with van der Waals surface area (Å²) in [6, 6.07) is 15.7. The minimum atomic E-state index is -0.252. The van der Waals surface area contributed by atoms with Gasteiger partial charge in [-0.05, 0) is 48.6 Å². The van der Waals surface area contributed by atoms with Gasteiger partial charge in [0.15, 0.2) is 0 Å². The Morgan fingerprint density at radius 3 is 2.47 bits per heavy atom. The van der Waals surface area contributed by atoms with Crippen molar-refractivity contribution in [1.82, 2.24) is 0 Å². The Kier molecular flexibility index (Phi) is 4.78. The highest BCUT2D eigenvalue weighted by atomic mass is 19.1. The molecule has 0 saturated carbocycles. The Morgan fingerprint density at radius 2 is 1.74 bits per heavy atom. The molecule has 1 nitrogen and oxygen atoms in total. The van der Waals surface area contributed by atoms with Gasteiger partial charge < -0.3 is 4.74 Å². The van der Waals surface area contributed by atoms with Gasteiger partial charge >= 0.3 is 0 Å². The third kappa shape index (κ3) is 4.69. The quantitative estimate of drug-likeness (QED) is 0.755. The van der Waals surface area contributed by atoms with Crippen LogP contribution >= 0.6 is 0 Å². The van der Waals surface area contributed by atoms with Crippen molar-refractivity contribution < 1.29 is 9.13 Å². The number of halogens is 1. The molecule has 0 aliphatic heterocycles. The molecule has 0 radical (unpaired) electrons. The molecule has 0 aromatic heterocycles. The minimum absolute atomic E-state index is 0.252. The zero-order valence-corrected chi connectivity index (χ0v) is 10.3. The van der Waals surface area contributed by atoms with Crippen molar-refractivity contribution in [3.05, 3.63) is 78.1 Å². The lowest BCUT2D eigenvalue weighted by atomic mass is 10.2. The van der Waals surface area contributed by atoms with Gasteiger partial charge in [0.2, 0.25) is 0 Å². The lowest BCUT2D eigenvalue weighted by molar-refractivity contribution is 0.363. The van der Waals surface area contributed by atoms with Gasteiger partial charge in [0, 0.05) is 5.56 Å². The summed E-state index contributed by atoms with van der Waals surface area (Å²) in [5.41, 5.74) is 0.787.